The van der Waals surface area contributed by atoms with Crippen LogP contribution in [0.3, 0.4) is 0 Å². The minimum absolute atomic E-state index is 0.133. The van der Waals surface area contributed by atoms with E-state index in [1.807, 2.05) is 0 Å². The second-order valence-electron chi connectivity index (χ2n) is 4.01. The van der Waals surface area contributed by atoms with Gasteiger partial charge in [-0.1, -0.05) is 0 Å². The van der Waals surface area contributed by atoms with Crippen LogP contribution in [-0.2, 0) is 9.53 Å². The van der Waals surface area contributed by atoms with Gasteiger partial charge in [0.2, 0.25) is 5.91 Å². The number of nitrogens with one attached hydrogen (secondary N) is 1. The summed E-state index contributed by atoms with van der Waals surface area (Å²) in [6.45, 7) is 1.55. The molecule has 3 atom stereocenters. The third-order valence-corrected chi connectivity index (χ3v) is 2.68. The van der Waals surface area contributed by atoms with Gasteiger partial charge in [-0.05, 0) is 18.8 Å². The van der Waals surface area contributed by atoms with Gasteiger partial charge >= 0.3 is 0 Å². The first-order chi connectivity index (χ1) is 6.25. The van der Waals surface area contributed by atoms with Crippen LogP contribution in [-0.4, -0.2) is 31.2 Å². The molecule has 1 aliphatic carbocycles. The number of carbonyl (C=O) groups excluding carboxylic acids is 1. The molecule has 1 saturated carbocycles. The van der Waals surface area contributed by atoms with Crippen molar-refractivity contribution < 1.29 is 9.53 Å². The van der Waals surface area contributed by atoms with Crippen LogP contribution < -0.4 is 11.1 Å². The van der Waals surface area contributed by atoms with Crippen LogP contribution >= 0.6 is 0 Å². The van der Waals surface area contributed by atoms with Gasteiger partial charge in [0.1, 0.15) is 0 Å². The van der Waals surface area contributed by atoms with E-state index in [4.69, 9.17) is 10.5 Å². The largest absolute Gasteiger partial charge is 0.381 e. The van der Waals surface area contributed by atoms with Crippen LogP contribution in [0.5, 0.6) is 0 Å². The predicted octanol–water partition coefficient (Wildman–Crippen LogP) is -0.371. The first-order valence-corrected chi connectivity index (χ1v) is 4.88. The van der Waals surface area contributed by atoms with E-state index in [1.54, 1.807) is 0 Å². The highest BCUT2D eigenvalue weighted by molar-refractivity contribution is 5.77. The average Bonchev–Trinajstić information content (AvgIpc) is 2.61. The summed E-state index contributed by atoms with van der Waals surface area (Å²) in [6.07, 6.45) is 2.56. The summed E-state index contributed by atoms with van der Waals surface area (Å²) >= 11 is 0. The highest BCUT2D eigenvalue weighted by atomic mass is 16.5. The van der Waals surface area contributed by atoms with E-state index < -0.39 is 0 Å². The van der Waals surface area contributed by atoms with Gasteiger partial charge in [0, 0.05) is 31.7 Å². The molecule has 2 rings (SSSR count). The van der Waals surface area contributed by atoms with Crippen molar-refractivity contribution in [3.05, 3.63) is 0 Å². The summed E-state index contributed by atoms with van der Waals surface area (Å²) < 4.78 is 5.20. The van der Waals surface area contributed by atoms with E-state index in [1.165, 1.54) is 0 Å². The smallest absolute Gasteiger partial charge is 0.220 e. The molecule has 0 spiro atoms. The lowest BCUT2D eigenvalue weighted by Crippen LogP contribution is -2.31. The molecule has 3 N–H and O–H groups in total. The third-order valence-electron chi connectivity index (χ3n) is 2.68. The van der Waals surface area contributed by atoms with Gasteiger partial charge in [0.25, 0.3) is 0 Å². The maximum absolute atomic E-state index is 11.4. The Balaban J connectivity index is 1.66. The fourth-order valence-corrected chi connectivity index (χ4v) is 1.65. The molecule has 4 nitrogen and oxygen atoms in total. The molecule has 0 aromatic rings. The number of nitrogens with two attached hydrogens (primary N) is 1. The summed E-state index contributed by atoms with van der Waals surface area (Å²) in [5.74, 6) is 0.559. The Bertz CT molecular complexity index is 202. The highest BCUT2D eigenvalue weighted by Crippen LogP contribution is 2.20. The molecule has 13 heavy (non-hydrogen) atoms. The first kappa shape index (κ1) is 8.97. The van der Waals surface area contributed by atoms with Crippen molar-refractivity contribution in [2.75, 3.05) is 13.2 Å². The number of rotatable bonds is 3. The topological polar surface area (TPSA) is 64.3 Å². The van der Waals surface area contributed by atoms with E-state index in [0.29, 0.717) is 12.3 Å². The van der Waals surface area contributed by atoms with Gasteiger partial charge in [-0.25, -0.2) is 0 Å². The zero-order valence-corrected chi connectivity index (χ0v) is 7.66. The molecule has 1 heterocycles. The lowest BCUT2D eigenvalue weighted by atomic mass is 10.1. The van der Waals surface area contributed by atoms with Crippen LogP contribution in [0.4, 0.5) is 0 Å². The number of carbonyl (C=O) groups is 1. The van der Waals surface area contributed by atoms with Gasteiger partial charge in [0.15, 0.2) is 0 Å². The van der Waals surface area contributed by atoms with Crippen LogP contribution in [0, 0.1) is 5.92 Å². The Morgan fingerprint density at radius 2 is 2.38 bits per heavy atom. The molecule has 1 amide bonds. The highest BCUT2D eigenvalue weighted by Gasteiger charge is 2.35. The van der Waals surface area contributed by atoms with Crippen molar-refractivity contribution in [1.82, 2.24) is 5.32 Å². The van der Waals surface area contributed by atoms with Crippen molar-refractivity contribution in [3.8, 4) is 0 Å². The van der Waals surface area contributed by atoms with Crippen LogP contribution in [0.2, 0.25) is 0 Å². The van der Waals surface area contributed by atoms with Crippen LogP contribution in [0.1, 0.15) is 19.3 Å². The van der Waals surface area contributed by atoms with E-state index >= 15 is 0 Å². The summed E-state index contributed by atoms with van der Waals surface area (Å²) in [5, 5.41) is 2.91. The molecular formula is C9H16N2O2. The van der Waals surface area contributed by atoms with Crippen molar-refractivity contribution in [3.63, 3.8) is 0 Å². The van der Waals surface area contributed by atoms with Crippen molar-refractivity contribution >= 4 is 5.91 Å². The first-order valence-electron chi connectivity index (χ1n) is 4.88. The molecule has 4 heteroatoms. The fraction of sp³-hybridized carbons (Fsp3) is 0.889. The molecule has 2 fully saturated rings. The number of ether oxygens (including phenoxy) is 1. The minimum atomic E-state index is 0.133. The summed E-state index contributed by atoms with van der Waals surface area (Å²) in [4.78, 5) is 11.4. The Kier molecular flexibility index (Phi) is 2.51. The molecule has 2 aliphatic rings. The molecule has 1 saturated heterocycles. The number of amides is 1. The molecule has 0 aromatic heterocycles. The van der Waals surface area contributed by atoms with Gasteiger partial charge in [-0.15, -0.1) is 0 Å². The average molecular weight is 184 g/mol. The molecule has 0 aromatic carbocycles. The summed E-state index contributed by atoms with van der Waals surface area (Å²) in [7, 11) is 0. The molecule has 0 radical (unpaired) electrons. The van der Waals surface area contributed by atoms with E-state index in [2.05, 4.69) is 5.32 Å². The number of hydrogen-bond donors (Lipinski definition) is 2. The standard InChI is InChI=1S/C9H16N2O2/c10-7-4-8(7)11-9(12)3-6-1-2-13-5-6/h6-8H,1-5,10H2,(H,11,12). The maximum Gasteiger partial charge on any atom is 0.220 e. The Labute approximate surface area is 77.8 Å². The summed E-state index contributed by atoms with van der Waals surface area (Å²) in [5.41, 5.74) is 5.58. The van der Waals surface area contributed by atoms with Gasteiger partial charge < -0.3 is 15.8 Å². The monoisotopic (exact) mass is 184 g/mol. The quantitative estimate of drug-likeness (QED) is 0.629. The Hall–Kier alpha value is -0.610. The Morgan fingerprint density at radius 3 is 2.92 bits per heavy atom. The number of hydrogen-bond acceptors (Lipinski definition) is 3. The van der Waals surface area contributed by atoms with Gasteiger partial charge in [-0.2, -0.15) is 0 Å². The van der Waals surface area contributed by atoms with Crippen molar-refractivity contribution in [2.45, 2.75) is 31.3 Å². The summed E-state index contributed by atoms with van der Waals surface area (Å²) in [6, 6.07) is 0.443. The van der Waals surface area contributed by atoms with Crippen molar-refractivity contribution in [2.24, 2.45) is 11.7 Å². The molecule has 0 bridgehead atoms. The minimum Gasteiger partial charge on any atom is -0.381 e. The lowest BCUT2D eigenvalue weighted by Gasteiger charge is -2.07. The molecule has 1 aliphatic heterocycles. The fourth-order valence-electron chi connectivity index (χ4n) is 1.65. The van der Waals surface area contributed by atoms with Gasteiger partial charge in [0.05, 0.1) is 0 Å². The van der Waals surface area contributed by atoms with Crippen LogP contribution in [0.15, 0.2) is 0 Å². The normalized spacial score (nSPS) is 37.5. The van der Waals surface area contributed by atoms with E-state index in [9.17, 15) is 4.79 Å². The second kappa shape index (κ2) is 3.64. The lowest BCUT2D eigenvalue weighted by molar-refractivity contribution is -0.122. The van der Waals surface area contributed by atoms with E-state index in [-0.39, 0.29) is 18.0 Å². The zero-order chi connectivity index (χ0) is 9.26. The third kappa shape index (κ3) is 2.42. The Morgan fingerprint density at radius 1 is 1.62 bits per heavy atom. The van der Waals surface area contributed by atoms with E-state index in [0.717, 1.165) is 26.1 Å². The molecule has 74 valence electrons. The SMILES string of the molecule is NC1CC1NC(=O)CC1CCOC1. The maximum atomic E-state index is 11.4. The van der Waals surface area contributed by atoms with Crippen molar-refractivity contribution in [1.29, 1.82) is 0 Å². The zero-order valence-electron chi connectivity index (χ0n) is 7.66. The second-order valence-corrected chi connectivity index (χ2v) is 4.01. The predicted molar refractivity (Wildman–Crippen MR) is 48.1 cm³/mol. The van der Waals surface area contributed by atoms with Crippen LogP contribution in [0.25, 0.3) is 0 Å². The molecular weight excluding hydrogens is 168 g/mol. The van der Waals surface area contributed by atoms with Gasteiger partial charge in [-0.3, -0.25) is 4.79 Å². The molecule has 3 unspecified atom stereocenters.